The highest BCUT2D eigenvalue weighted by atomic mass is 19.2. The highest BCUT2D eigenvalue weighted by Crippen LogP contribution is 2.38. The number of fused-ring (bicyclic) bond motifs is 4. The van der Waals surface area contributed by atoms with Crippen LogP contribution in [0.3, 0.4) is 0 Å². The molecule has 156 valence electrons. The lowest BCUT2D eigenvalue weighted by molar-refractivity contribution is -0.115. The van der Waals surface area contributed by atoms with Gasteiger partial charge in [0, 0.05) is 35.3 Å². The summed E-state index contributed by atoms with van der Waals surface area (Å²) in [5.74, 6) is -1.90. The number of halogens is 2. The van der Waals surface area contributed by atoms with Crippen molar-refractivity contribution in [1.29, 1.82) is 0 Å². The van der Waals surface area contributed by atoms with E-state index >= 15 is 0 Å². The number of carbonyl (C=O) groups is 1. The van der Waals surface area contributed by atoms with Gasteiger partial charge in [-0.1, -0.05) is 6.92 Å². The van der Waals surface area contributed by atoms with Crippen LogP contribution in [-0.4, -0.2) is 28.1 Å². The number of nitrogens with zero attached hydrogens (tertiary/aromatic N) is 2. The first-order valence-corrected chi connectivity index (χ1v) is 9.53. The second-order valence-corrected chi connectivity index (χ2v) is 7.33. The number of aliphatic hydroxyl groups is 1. The number of aldehydes is 1. The summed E-state index contributed by atoms with van der Waals surface area (Å²) in [5.41, 5.74) is 2.83. The minimum Gasteiger partial charge on any atom is -0.381 e. The summed E-state index contributed by atoms with van der Waals surface area (Å²) in [5, 5.41) is 10.7. The van der Waals surface area contributed by atoms with E-state index < -0.39 is 23.3 Å². The van der Waals surface area contributed by atoms with Crippen LogP contribution in [0.2, 0.25) is 0 Å². The van der Waals surface area contributed by atoms with Gasteiger partial charge in [-0.2, -0.15) is 0 Å². The summed E-state index contributed by atoms with van der Waals surface area (Å²) in [4.78, 5) is 28.9. The van der Waals surface area contributed by atoms with Crippen molar-refractivity contribution in [2.45, 2.75) is 39.5 Å². The third-order valence-electron chi connectivity index (χ3n) is 5.70. The Hall–Kier alpha value is -2.97. The molecule has 30 heavy (non-hydrogen) atoms. The maximum absolute atomic E-state index is 14.2. The van der Waals surface area contributed by atoms with Crippen LogP contribution in [0.25, 0.3) is 22.3 Å². The number of aromatic nitrogens is 2. The Bertz CT molecular complexity index is 1270. The molecular formula is C22H20F2N2O4. The Kier molecular flexibility index (Phi) is 4.99. The lowest BCUT2D eigenvalue weighted by atomic mass is 9.95. The number of aryl methyl sites for hydroxylation is 2. The summed E-state index contributed by atoms with van der Waals surface area (Å²) in [6.07, 6.45) is -0.615. The highest BCUT2D eigenvalue weighted by molar-refractivity contribution is 5.90. The van der Waals surface area contributed by atoms with Crippen LogP contribution in [0.5, 0.6) is 0 Å². The molecule has 0 fully saturated rings. The molecule has 1 aliphatic rings. The average molecular weight is 414 g/mol. The number of carbonyl (C=O) groups excluding carboxylic acids is 1. The van der Waals surface area contributed by atoms with Crippen molar-refractivity contribution in [2.75, 3.05) is 7.11 Å². The largest absolute Gasteiger partial charge is 0.381 e. The second-order valence-electron chi connectivity index (χ2n) is 7.33. The summed E-state index contributed by atoms with van der Waals surface area (Å²) < 4.78 is 34.9. The molecule has 1 aromatic carbocycles. The second kappa shape index (κ2) is 7.37. The molecule has 0 amide bonds. The van der Waals surface area contributed by atoms with E-state index in [1.54, 1.807) is 6.07 Å². The van der Waals surface area contributed by atoms with Gasteiger partial charge in [-0.05, 0) is 30.5 Å². The minimum absolute atomic E-state index is 0.0682. The van der Waals surface area contributed by atoms with Crippen LogP contribution in [0.15, 0.2) is 16.9 Å². The molecule has 0 spiro atoms. The molecule has 6 nitrogen and oxygen atoms in total. The van der Waals surface area contributed by atoms with Crippen molar-refractivity contribution in [1.82, 2.24) is 9.55 Å². The molecule has 3 heterocycles. The summed E-state index contributed by atoms with van der Waals surface area (Å²) in [6, 6.07) is 2.60. The maximum Gasteiger partial charge on any atom is 0.257 e. The number of rotatable bonds is 5. The summed E-state index contributed by atoms with van der Waals surface area (Å²) in [6.45, 7) is 3.56. The van der Waals surface area contributed by atoms with Gasteiger partial charge in [0.2, 0.25) is 0 Å². The van der Waals surface area contributed by atoms with Gasteiger partial charge in [0.05, 0.1) is 30.1 Å². The molecule has 3 aromatic rings. The average Bonchev–Trinajstić information content (AvgIpc) is 3.10. The monoisotopic (exact) mass is 414 g/mol. The third kappa shape index (κ3) is 2.79. The zero-order valence-corrected chi connectivity index (χ0v) is 16.8. The Morgan fingerprint density at radius 2 is 2.07 bits per heavy atom. The standard InChI is InChI=1S/C22H20F2N2O4/c1-4-11-13-7-26-17(5-12(18(28)8-27)14(9-30-3)22(26)29)21(13)25-16-6-15(23)20(24)10(2)19(11)16/h5-6,8,18,28H,4,7,9H2,1-3H3. The van der Waals surface area contributed by atoms with E-state index in [1.807, 2.05) is 6.92 Å². The van der Waals surface area contributed by atoms with Gasteiger partial charge in [0.15, 0.2) is 17.9 Å². The molecule has 0 aliphatic carbocycles. The fraction of sp³-hybridized carbons (Fsp3) is 0.318. The Morgan fingerprint density at radius 1 is 1.33 bits per heavy atom. The van der Waals surface area contributed by atoms with Crippen LogP contribution < -0.4 is 5.56 Å². The number of aliphatic hydroxyl groups excluding tert-OH is 1. The van der Waals surface area contributed by atoms with Crippen molar-refractivity contribution in [3.63, 3.8) is 0 Å². The maximum atomic E-state index is 14.2. The van der Waals surface area contributed by atoms with Crippen molar-refractivity contribution in [3.8, 4) is 11.4 Å². The zero-order chi connectivity index (χ0) is 21.7. The predicted octanol–water partition coefficient (Wildman–Crippen LogP) is 2.95. The van der Waals surface area contributed by atoms with Crippen LogP contribution in [0, 0.1) is 18.6 Å². The number of methoxy groups -OCH3 is 1. The zero-order valence-electron chi connectivity index (χ0n) is 16.8. The molecule has 1 aliphatic heterocycles. The van der Waals surface area contributed by atoms with Gasteiger partial charge < -0.3 is 19.2 Å². The van der Waals surface area contributed by atoms with E-state index in [9.17, 15) is 23.5 Å². The molecule has 2 aromatic heterocycles. The van der Waals surface area contributed by atoms with Crippen LogP contribution in [0.4, 0.5) is 8.78 Å². The van der Waals surface area contributed by atoms with Crippen LogP contribution >= 0.6 is 0 Å². The molecule has 0 saturated heterocycles. The Balaban J connectivity index is 2.08. The van der Waals surface area contributed by atoms with Gasteiger partial charge in [-0.25, -0.2) is 13.8 Å². The first kappa shape index (κ1) is 20.3. The third-order valence-corrected chi connectivity index (χ3v) is 5.70. The molecule has 4 rings (SSSR count). The quantitative estimate of drug-likeness (QED) is 0.508. The molecule has 0 radical (unpaired) electrons. The van der Waals surface area contributed by atoms with E-state index in [0.717, 1.165) is 17.2 Å². The molecule has 1 unspecified atom stereocenters. The normalized spacial score (nSPS) is 13.4. The number of ether oxygens (including phenoxy) is 1. The van der Waals surface area contributed by atoms with Gasteiger partial charge in [-0.3, -0.25) is 4.79 Å². The first-order valence-electron chi connectivity index (χ1n) is 9.53. The van der Waals surface area contributed by atoms with Crippen LogP contribution in [0.1, 0.15) is 40.8 Å². The molecular weight excluding hydrogens is 394 g/mol. The lowest BCUT2D eigenvalue weighted by Gasteiger charge is -2.14. The first-order chi connectivity index (χ1) is 14.3. The van der Waals surface area contributed by atoms with Gasteiger partial charge in [0.1, 0.15) is 6.10 Å². The predicted molar refractivity (Wildman–Crippen MR) is 106 cm³/mol. The molecule has 1 N–H and O–H groups in total. The van der Waals surface area contributed by atoms with E-state index in [2.05, 4.69) is 4.98 Å². The van der Waals surface area contributed by atoms with Crippen molar-refractivity contribution < 1.29 is 23.4 Å². The number of benzene rings is 1. The topological polar surface area (TPSA) is 81.4 Å². The highest BCUT2D eigenvalue weighted by Gasteiger charge is 2.30. The number of hydrogen-bond donors (Lipinski definition) is 1. The van der Waals surface area contributed by atoms with Crippen molar-refractivity contribution in [3.05, 3.63) is 61.9 Å². The van der Waals surface area contributed by atoms with E-state index in [-0.39, 0.29) is 29.8 Å². The minimum atomic E-state index is -1.49. The molecule has 8 heteroatoms. The SMILES string of the molecule is CCc1c2c(nc3cc(F)c(F)c(C)c13)-c1cc(C(O)C=O)c(COC)c(=O)n1C2. The van der Waals surface area contributed by atoms with Crippen molar-refractivity contribution >= 4 is 17.2 Å². The lowest BCUT2D eigenvalue weighted by Crippen LogP contribution is -2.26. The fourth-order valence-corrected chi connectivity index (χ4v) is 4.31. The fourth-order valence-electron chi connectivity index (χ4n) is 4.31. The van der Waals surface area contributed by atoms with E-state index in [1.165, 1.54) is 18.6 Å². The van der Waals surface area contributed by atoms with Crippen molar-refractivity contribution in [2.24, 2.45) is 0 Å². The van der Waals surface area contributed by atoms with E-state index in [4.69, 9.17) is 4.74 Å². The number of hydrogen-bond acceptors (Lipinski definition) is 5. The smallest absolute Gasteiger partial charge is 0.257 e. The Labute approximate surface area is 170 Å². The number of pyridine rings is 2. The molecule has 0 saturated carbocycles. The summed E-state index contributed by atoms with van der Waals surface area (Å²) in [7, 11) is 1.42. The molecule has 0 bridgehead atoms. The van der Waals surface area contributed by atoms with Gasteiger partial charge >= 0.3 is 0 Å². The van der Waals surface area contributed by atoms with E-state index in [0.29, 0.717) is 35.0 Å². The van der Waals surface area contributed by atoms with Gasteiger partial charge in [-0.15, -0.1) is 0 Å². The molecule has 1 atom stereocenters. The van der Waals surface area contributed by atoms with Gasteiger partial charge in [0.25, 0.3) is 5.56 Å². The summed E-state index contributed by atoms with van der Waals surface area (Å²) >= 11 is 0. The van der Waals surface area contributed by atoms with Crippen LogP contribution in [-0.2, 0) is 29.1 Å². The Morgan fingerprint density at radius 3 is 2.70 bits per heavy atom.